The minimum absolute atomic E-state index is 0.0137. The van der Waals surface area contributed by atoms with Gasteiger partial charge in [-0.25, -0.2) is 4.79 Å². The number of benzene rings is 1. The summed E-state index contributed by atoms with van der Waals surface area (Å²) in [4.78, 5) is 11.3. The lowest BCUT2D eigenvalue weighted by molar-refractivity contribution is 0.259. The number of hydrogen-bond acceptors (Lipinski definition) is 4. The zero-order valence-corrected chi connectivity index (χ0v) is 11.5. The van der Waals surface area contributed by atoms with E-state index in [1.807, 2.05) is 19.1 Å². The maximum Gasteiger partial charge on any atom is 0.336 e. The van der Waals surface area contributed by atoms with E-state index in [0.29, 0.717) is 23.9 Å². The Balaban J connectivity index is 2.24. The zero-order chi connectivity index (χ0) is 14.0. The van der Waals surface area contributed by atoms with Crippen molar-refractivity contribution in [2.45, 2.75) is 26.8 Å². The molecule has 0 saturated heterocycles. The Morgan fingerprint density at radius 2 is 2.05 bits per heavy atom. The van der Waals surface area contributed by atoms with Crippen LogP contribution in [0.25, 0.3) is 11.0 Å². The van der Waals surface area contributed by atoms with E-state index in [2.05, 4.69) is 13.8 Å². The van der Waals surface area contributed by atoms with Crippen molar-refractivity contribution in [3.05, 3.63) is 40.2 Å². The van der Waals surface area contributed by atoms with Crippen molar-refractivity contribution in [1.29, 1.82) is 0 Å². The Morgan fingerprint density at radius 1 is 1.32 bits per heavy atom. The highest BCUT2D eigenvalue weighted by atomic mass is 16.5. The van der Waals surface area contributed by atoms with Gasteiger partial charge in [0.2, 0.25) is 0 Å². The van der Waals surface area contributed by atoms with E-state index in [9.17, 15) is 4.79 Å². The average Bonchev–Trinajstić information content (AvgIpc) is 2.35. The summed E-state index contributed by atoms with van der Waals surface area (Å²) in [6, 6.07) is 6.96. The van der Waals surface area contributed by atoms with Crippen molar-refractivity contribution in [2.24, 2.45) is 11.7 Å². The Kier molecular flexibility index (Phi) is 3.90. The number of ether oxygens (including phenoxy) is 1. The van der Waals surface area contributed by atoms with Gasteiger partial charge in [0.1, 0.15) is 17.9 Å². The van der Waals surface area contributed by atoms with Gasteiger partial charge >= 0.3 is 5.63 Å². The summed E-state index contributed by atoms with van der Waals surface area (Å²) in [5, 5.41) is 0.917. The molecule has 19 heavy (non-hydrogen) atoms. The number of hydrogen-bond donors (Lipinski definition) is 1. The molecule has 2 rings (SSSR count). The lowest BCUT2D eigenvalue weighted by Gasteiger charge is -2.16. The molecule has 1 atom stereocenters. The van der Waals surface area contributed by atoms with Gasteiger partial charge in [-0.1, -0.05) is 13.8 Å². The lowest BCUT2D eigenvalue weighted by atomic mass is 10.1. The van der Waals surface area contributed by atoms with Gasteiger partial charge < -0.3 is 14.9 Å². The summed E-state index contributed by atoms with van der Waals surface area (Å²) in [7, 11) is 0. The van der Waals surface area contributed by atoms with Crippen molar-refractivity contribution in [1.82, 2.24) is 0 Å². The first-order valence-corrected chi connectivity index (χ1v) is 6.40. The predicted molar refractivity (Wildman–Crippen MR) is 75.5 cm³/mol. The topological polar surface area (TPSA) is 65.5 Å². The van der Waals surface area contributed by atoms with Crippen LogP contribution in [0.5, 0.6) is 5.75 Å². The third-order valence-corrected chi connectivity index (χ3v) is 3.22. The number of rotatable bonds is 4. The lowest BCUT2D eigenvalue weighted by Crippen LogP contribution is -2.32. The molecular weight excluding hydrogens is 242 g/mol. The van der Waals surface area contributed by atoms with E-state index in [0.717, 1.165) is 10.9 Å². The largest absolute Gasteiger partial charge is 0.492 e. The zero-order valence-electron chi connectivity index (χ0n) is 11.5. The summed E-state index contributed by atoms with van der Waals surface area (Å²) in [6.07, 6.45) is 0. The molecule has 0 radical (unpaired) electrons. The fourth-order valence-electron chi connectivity index (χ4n) is 1.78. The first kappa shape index (κ1) is 13.6. The molecule has 2 aromatic rings. The van der Waals surface area contributed by atoms with Crippen LogP contribution in [0.1, 0.15) is 19.4 Å². The number of aryl methyl sites for hydroxylation is 1. The van der Waals surface area contributed by atoms with Crippen molar-refractivity contribution in [3.8, 4) is 5.75 Å². The smallest absolute Gasteiger partial charge is 0.336 e. The molecule has 102 valence electrons. The second-order valence-corrected chi connectivity index (χ2v) is 5.13. The molecule has 2 N–H and O–H groups in total. The normalized spacial score (nSPS) is 12.9. The molecule has 0 aliphatic carbocycles. The second-order valence-electron chi connectivity index (χ2n) is 5.13. The summed E-state index contributed by atoms with van der Waals surface area (Å²) >= 11 is 0. The number of nitrogens with two attached hydrogens (primary N) is 1. The van der Waals surface area contributed by atoms with Crippen molar-refractivity contribution >= 4 is 11.0 Å². The van der Waals surface area contributed by atoms with Gasteiger partial charge in [-0.15, -0.1) is 0 Å². The van der Waals surface area contributed by atoms with Crippen LogP contribution >= 0.6 is 0 Å². The maximum absolute atomic E-state index is 11.3. The van der Waals surface area contributed by atoms with Gasteiger partial charge in [-0.2, -0.15) is 0 Å². The standard InChI is InChI=1S/C15H19NO3/c1-9(2)13(16)8-18-11-4-5-12-10(3)6-15(17)19-14(12)7-11/h4-7,9,13H,8,16H2,1-3H3/t13-/m1/s1. The highest BCUT2D eigenvalue weighted by molar-refractivity contribution is 5.81. The van der Waals surface area contributed by atoms with E-state index in [1.165, 1.54) is 6.07 Å². The molecule has 0 fully saturated rings. The molecular formula is C15H19NO3. The molecule has 1 aromatic heterocycles. The van der Waals surface area contributed by atoms with E-state index >= 15 is 0 Å². The van der Waals surface area contributed by atoms with Crippen LogP contribution in [0.3, 0.4) is 0 Å². The van der Waals surface area contributed by atoms with Gasteiger partial charge in [0.25, 0.3) is 0 Å². The maximum atomic E-state index is 11.3. The highest BCUT2D eigenvalue weighted by Crippen LogP contribution is 2.22. The molecule has 1 aromatic carbocycles. The first-order valence-electron chi connectivity index (χ1n) is 6.40. The summed E-state index contributed by atoms with van der Waals surface area (Å²) in [5.41, 5.74) is 7.02. The fourth-order valence-corrected chi connectivity index (χ4v) is 1.78. The van der Waals surface area contributed by atoms with Gasteiger partial charge in [0, 0.05) is 23.6 Å². The molecule has 0 bridgehead atoms. The molecule has 0 aliphatic rings. The van der Waals surface area contributed by atoms with Crippen LogP contribution in [0.15, 0.2) is 33.5 Å². The molecule has 4 nitrogen and oxygen atoms in total. The Hall–Kier alpha value is -1.81. The minimum Gasteiger partial charge on any atom is -0.492 e. The van der Waals surface area contributed by atoms with Crippen LogP contribution in [0.4, 0.5) is 0 Å². The van der Waals surface area contributed by atoms with E-state index in [4.69, 9.17) is 14.9 Å². The van der Waals surface area contributed by atoms with Crippen LogP contribution in [-0.2, 0) is 0 Å². The predicted octanol–water partition coefficient (Wildman–Crippen LogP) is 2.46. The molecule has 0 aliphatic heterocycles. The SMILES string of the molecule is Cc1cc(=O)oc2cc(OC[C@@H](N)C(C)C)ccc12. The monoisotopic (exact) mass is 261 g/mol. The van der Waals surface area contributed by atoms with Crippen LogP contribution in [0, 0.1) is 12.8 Å². The summed E-state index contributed by atoms with van der Waals surface area (Å²) in [6.45, 7) is 6.43. The summed E-state index contributed by atoms with van der Waals surface area (Å²) < 4.78 is 10.8. The van der Waals surface area contributed by atoms with E-state index in [1.54, 1.807) is 6.07 Å². The molecule has 0 amide bonds. The quantitative estimate of drug-likeness (QED) is 0.859. The van der Waals surface area contributed by atoms with E-state index in [-0.39, 0.29) is 11.7 Å². The third kappa shape index (κ3) is 3.15. The van der Waals surface area contributed by atoms with Gasteiger partial charge in [0.15, 0.2) is 0 Å². The Bertz CT molecular complexity index is 631. The van der Waals surface area contributed by atoms with Crippen molar-refractivity contribution in [2.75, 3.05) is 6.61 Å². The van der Waals surface area contributed by atoms with E-state index < -0.39 is 0 Å². The summed E-state index contributed by atoms with van der Waals surface area (Å²) in [5.74, 6) is 1.03. The molecule has 1 heterocycles. The fraction of sp³-hybridized carbons (Fsp3) is 0.400. The van der Waals surface area contributed by atoms with Gasteiger partial charge in [0.05, 0.1) is 0 Å². The molecule has 0 saturated carbocycles. The number of fused-ring (bicyclic) bond motifs is 1. The second kappa shape index (κ2) is 5.45. The van der Waals surface area contributed by atoms with Gasteiger partial charge in [-0.05, 0) is 30.5 Å². The average molecular weight is 261 g/mol. The Labute approximate surface area is 112 Å². The van der Waals surface area contributed by atoms with Crippen LogP contribution < -0.4 is 16.1 Å². The first-order chi connectivity index (χ1) is 8.97. The van der Waals surface area contributed by atoms with Crippen LogP contribution in [-0.4, -0.2) is 12.6 Å². The third-order valence-electron chi connectivity index (χ3n) is 3.22. The molecule has 0 unspecified atom stereocenters. The van der Waals surface area contributed by atoms with Gasteiger partial charge in [-0.3, -0.25) is 0 Å². The highest BCUT2D eigenvalue weighted by Gasteiger charge is 2.09. The molecule has 4 heteroatoms. The molecule has 0 spiro atoms. The van der Waals surface area contributed by atoms with Crippen molar-refractivity contribution in [3.63, 3.8) is 0 Å². The Morgan fingerprint density at radius 3 is 2.74 bits per heavy atom. The minimum atomic E-state index is -0.346. The van der Waals surface area contributed by atoms with Crippen molar-refractivity contribution < 1.29 is 9.15 Å². The van der Waals surface area contributed by atoms with Crippen LogP contribution in [0.2, 0.25) is 0 Å².